The van der Waals surface area contributed by atoms with E-state index in [2.05, 4.69) is 4.72 Å². The largest absolute Gasteiger partial charge is 0.452 e. The summed E-state index contributed by atoms with van der Waals surface area (Å²) in [6.45, 7) is 1.52. The summed E-state index contributed by atoms with van der Waals surface area (Å²) in [6, 6.07) is 16.8. The average Bonchev–Trinajstić information content (AvgIpc) is 2.81. The second-order valence-corrected chi connectivity index (χ2v) is 9.57. The van der Waals surface area contributed by atoms with Crippen molar-refractivity contribution in [1.82, 2.24) is 0 Å². The van der Waals surface area contributed by atoms with Crippen LogP contribution in [0.2, 0.25) is 0 Å². The number of halogens is 1. The van der Waals surface area contributed by atoms with Crippen LogP contribution in [0, 0.1) is 12.7 Å². The Hall–Kier alpha value is -3.72. The van der Waals surface area contributed by atoms with E-state index >= 15 is 0 Å². The van der Waals surface area contributed by atoms with Gasteiger partial charge in [0.2, 0.25) is 0 Å². The maximum absolute atomic E-state index is 13.4. The van der Waals surface area contributed by atoms with E-state index in [1.165, 1.54) is 19.1 Å². The molecule has 0 fully saturated rings. The van der Waals surface area contributed by atoms with E-state index in [0.717, 1.165) is 42.3 Å². The number of fused-ring (bicyclic) bond motifs is 1. The minimum absolute atomic E-state index is 0.00741. The minimum atomic E-state index is -4.10. The Balaban J connectivity index is 1.49. The van der Waals surface area contributed by atoms with Crippen molar-refractivity contribution in [3.8, 4) is 0 Å². The second-order valence-electron chi connectivity index (χ2n) is 7.91. The summed E-state index contributed by atoms with van der Waals surface area (Å²) in [6.07, 6.45) is 1.69. The molecule has 0 spiro atoms. The molecule has 1 heterocycles. The molecule has 3 aromatic rings. The number of hydrogen-bond acceptors (Lipinski definition) is 5. The molecule has 3 aromatic carbocycles. The van der Waals surface area contributed by atoms with E-state index in [1.807, 2.05) is 24.3 Å². The first-order chi connectivity index (χ1) is 16.3. The molecule has 1 aliphatic heterocycles. The Morgan fingerprint density at radius 2 is 1.79 bits per heavy atom. The standard InChI is InChI=1S/C25H23FN2O5S/c1-17-15-19(26)12-13-23(17)34(31,32)27-21-10-4-3-9-20(21)25(30)33-16-24(29)28-14-6-8-18-7-2-5-11-22(18)28/h2-5,7,9-13,15,27H,6,8,14,16H2,1H3. The number of para-hydroxylation sites is 2. The molecular weight excluding hydrogens is 459 g/mol. The van der Waals surface area contributed by atoms with Crippen molar-refractivity contribution in [2.24, 2.45) is 0 Å². The van der Waals surface area contributed by atoms with Crippen LogP contribution >= 0.6 is 0 Å². The number of carbonyl (C=O) groups is 2. The van der Waals surface area contributed by atoms with Crippen LogP contribution in [0.3, 0.4) is 0 Å². The number of sulfonamides is 1. The maximum Gasteiger partial charge on any atom is 0.340 e. The van der Waals surface area contributed by atoms with Gasteiger partial charge in [-0.3, -0.25) is 9.52 Å². The number of benzene rings is 3. The smallest absolute Gasteiger partial charge is 0.340 e. The lowest BCUT2D eigenvalue weighted by atomic mass is 10.0. The Kier molecular flexibility index (Phi) is 6.65. The van der Waals surface area contributed by atoms with Crippen molar-refractivity contribution in [3.63, 3.8) is 0 Å². The lowest BCUT2D eigenvalue weighted by Gasteiger charge is -2.29. The lowest BCUT2D eigenvalue weighted by molar-refractivity contribution is -0.121. The van der Waals surface area contributed by atoms with Gasteiger partial charge in [0.1, 0.15) is 5.82 Å². The van der Waals surface area contributed by atoms with Crippen LogP contribution in [0.1, 0.15) is 27.9 Å². The maximum atomic E-state index is 13.4. The topological polar surface area (TPSA) is 92.8 Å². The van der Waals surface area contributed by atoms with Gasteiger partial charge in [-0.25, -0.2) is 17.6 Å². The van der Waals surface area contributed by atoms with Crippen molar-refractivity contribution < 1.29 is 27.1 Å². The highest BCUT2D eigenvalue weighted by atomic mass is 32.2. The number of esters is 1. The fourth-order valence-corrected chi connectivity index (χ4v) is 5.25. The number of rotatable bonds is 6. The number of nitrogens with one attached hydrogen (secondary N) is 1. The van der Waals surface area contributed by atoms with Crippen LogP contribution in [0.15, 0.2) is 71.6 Å². The van der Waals surface area contributed by atoms with Crippen LogP contribution in [-0.2, 0) is 26.0 Å². The van der Waals surface area contributed by atoms with Gasteiger partial charge in [-0.1, -0.05) is 30.3 Å². The number of aryl methyl sites for hydroxylation is 2. The fourth-order valence-electron chi connectivity index (χ4n) is 3.94. The van der Waals surface area contributed by atoms with E-state index < -0.39 is 28.4 Å². The molecule has 0 saturated carbocycles. The summed E-state index contributed by atoms with van der Waals surface area (Å²) >= 11 is 0. The molecule has 0 atom stereocenters. The van der Waals surface area contributed by atoms with Gasteiger partial charge in [-0.15, -0.1) is 0 Å². The molecule has 0 unspecified atom stereocenters. The number of anilines is 2. The summed E-state index contributed by atoms with van der Waals surface area (Å²) in [5, 5.41) is 0. The van der Waals surface area contributed by atoms with Crippen LogP contribution in [-0.4, -0.2) is 33.4 Å². The molecule has 34 heavy (non-hydrogen) atoms. The van der Waals surface area contributed by atoms with Crippen LogP contribution in [0.4, 0.5) is 15.8 Å². The van der Waals surface area contributed by atoms with Crippen molar-refractivity contribution in [3.05, 3.63) is 89.2 Å². The minimum Gasteiger partial charge on any atom is -0.452 e. The molecule has 176 valence electrons. The third kappa shape index (κ3) is 4.94. The number of hydrogen-bond donors (Lipinski definition) is 1. The first-order valence-electron chi connectivity index (χ1n) is 10.7. The van der Waals surface area contributed by atoms with Gasteiger partial charge < -0.3 is 9.64 Å². The fraction of sp³-hybridized carbons (Fsp3) is 0.200. The zero-order valence-electron chi connectivity index (χ0n) is 18.5. The van der Waals surface area contributed by atoms with Gasteiger partial charge >= 0.3 is 5.97 Å². The quantitative estimate of drug-likeness (QED) is 0.535. The zero-order chi connectivity index (χ0) is 24.3. The predicted octanol–water partition coefficient (Wildman–Crippen LogP) is 4.07. The van der Waals surface area contributed by atoms with E-state index in [0.29, 0.717) is 6.54 Å². The van der Waals surface area contributed by atoms with Gasteiger partial charge in [0.25, 0.3) is 15.9 Å². The van der Waals surface area contributed by atoms with Gasteiger partial charge in [0, 0.05) is 12.2 Å². The Morgan fingerprint density at radius 1 is 1.06 bits per heavy atom. The van der Waals surface area contributed by atoms with E-state index in [4.69, 9.17) is 4.74 Å². The molecule has 1 N–H and O–H groups in total. The van der Waals surface area contributed by atoms with Gasteiger partial charge in [-0.2, -0.15) is 0 Å². The normalized spacial score (nSPS) is 13.2. The molecule has 0 saturated heterocycles. The van der Waals surface area contributed by atoms with Crippen molar-refractivity contribution in [2.75, 3.05) is 22.8 Å². The number of carbonyl (C=O) groups excluding carboxylic acids is 2. The SMILES string of the molecule is Cc1cc(F)ccc1S(=O)(=O)Nc1ccccc1C(=O)OCC(=O)N1CCCc2ccccc21. The summed E-state index contributed by atoms with van der Waals surface area (Å²) in [5.41, 5.74) is 2.03. The molecule has 4 rings (SSSR count). The Morgan fingerprint density at radius 3 is 2.59 bits per heavy atom. The summed E-state index contributed by atoms with van der Waals surface area (Å²) in [5.74, 6) is -1.75. The summed E-state index contributed by atoms with van der Waals surface area (Å²) in [4.78, 5) is 27.0. The monoisotopic (exact) mass is 482 g/mol. The van der Waals surface area contributed by atoms with Crippen LogP contribution in [0.25, 0.3) is 0 Å². The third-order valence-electron chi connectivity index (χ3n) is 5.56. The van der Waals surface area contributed by atoms with E-state index in [9.17, 15) is 22.4 Å². The van der Waals surface area contributed by atoms with Gasteiger partial charge in [0.05, 0.1) is 16.1 Å². The van der Waals surface area contributed by atoms with Crippen LogP contribution in [0.5, 0.6) is 0 Å². The van der Waals surface area contributed by atoms with Crippen molar-refractivity contribution in [1.29, 1.82) is 0 Å². The molecule has 0 bridgehead atoms. The number of amides is 1. The highest BCUT2D eigenvalue weighted by molar-refractivity contribution is 7.92. The molecule has 0 aliphatic carbocycles. The molecule has 9 heteroatoms. The highest BCUT2D eigenvalue weighted by Gasteiger charge is 2.25. The van der Waals surface area contributed by atoms with E-state index in [-0.39, 0.29) is 27.6 Å². The summed E-state index contributed by atoms with van der Waals surface area (Å²) in [7, 11) is -4.10. The zero-order valence-corrected chi connectivity index (χ0v) is 19.3. The lowest BCUT2D eigenvalue weighted by Crippen LogP contribution is -2.38. The molecule has 7 nitrogen and oxygen atoms in total. The first-order valence-corrected chi connectivity index (χ1v) is 12.2. The summed E-state index contributed by atoms with van der Waals surface area (Å²) < 4.78 is 46.7. The predicted molar refractivity (Wildman–Crippen MR) is 126 cm³/mol. The molecule has 1 aliphatic rings. The van der Waals surface area contributed by atoms with Gasteiger partial charge in [0.15, 0.2) is 6.61 Å². The second kappa shape index (κ2) is 9.64. The van der Waals surface area contributed by atoms with Crippen molar-refractivity contribution >= 4 is 33.3 Å². The van der Waals surface area contributed by atoms with Gasteiger partial charge in [-0.05, 0) is 67.3 Å². The number of ether oxygens (including phenoxy) is 1. The van der Waals surface area contributed by atoms with Crippen LogP contribution < -0.4 is 9.62 Å². The molecular formula is C25H23FN2O5S. The third-order valence-corrected chi connectivity index (χ3v) is 7.08. The number of nitrogens with zero attached hydrogens (tertiary/aromatic N) is 1. The average molecular weight is 483 g/mol. The first kappa shape index (κ1) is 23.4. The Bertz CT molecular complexity index is 1360. The highest BCUT2D eigenvalue weighted by Crippen LogP contribution is 2.27. The molecule has 1 amide bonds. The Labute approximate surface area is 197 Å². The van der Waals surface area contributed by atoms with E-state index in [1.54, 1.807) is 17.0 Å². The van der Waals surface area contributed by atoms with Crippen molar-refractivity contribution in [2.45, 2.75) is 24.7 Å². The molecule has 0 aromatic heterocycles. The molecule has 0 radical (unpaired) electrons.